The third-order valence-electron chi connectivity index (χ3n) is 4.17. The van der Waals surface area contributed by atoms with Crippen molar-refractivity contribution in [2.75, 3.05) is 0 Å². The number of H-pyrrole nitrogens is 1. The minimum absolute atomic E-state index is 0.0405. The quantitative estimate of drug-likeness (QED) is 0.717. The van der Waals surface area contributed by atoms with Crippen molar-refractivity contribution in [1.82, 2.24) is 10.3 Å². The largest absolute Gasteiger partial charge is 0.451 e. The molecule has 1 aromatic carbocycles. The predicted molar refractivity (Wildman–Crippen MR) is 96.4 cm³/mol. The minimum atomic E-state index is -0.709. The van der Waals surface area contributed by atoms with Crippen LogP contribution in [0, 0.1) is 18.6 Å². The Kier molecular flexibility index (Phi) is 5.21. The fourth-order valence-corrected chi connectivity index (χ4v) is 2.77. The molecule has 0 saturated heterocycles. The van der Waals surface area contributed by atoms with Gasteiger partial charge in [0.05, 0.1) is 0 Å². The summed E-state index contributed by atoms with van der Waals surface area (Å²) in [6.07, 6.45) is 0.570. The molecule has 0 aliphatic carbocycles. The number of rotatable bonds is 5. The van der Waals surface area contributed by atoms with E-state index in [4.69, 9.17) is 4.42 Å². The molecule has 0 unspecified atom stereocenters. The molecule has 0 aliphatic rings. The smallest absolute Gasteiger partial charge is 0.287 e. The zero-order chi connectivity index (χ0) is 19.6. The summed E-state index contributed by atoms with van der Waals surface area (Å²) < 4.78 is 32.0. The number of carbonyl (C=O) groups is 1. The molecule has 0 bridgehead atoms. The van der Waals surface area contributed by atoms with Crippen LogP contribution in [-0.2, 0) is 13.0 Å². The zero-order valence-electron chi connectivity index (χ0n) is 14.9. The van der Waals surface area contributed by atoms with Crippen LogP contribution in [0.4, 0.5) is 8.78 Å². The average Bonchev–Trinajstić information content (AvgIpc) is 3.09. The summed E-state index contributed by atoms with van der Waals surface area (Å²) in [6.45, 7) is 3.58. The summed E-state index contributed by atoms with van der Waals surface area (Å²) in [6, 6.07) is 7.94. The van der Waals surface area contributed by atoms with E-state index in [1.165, 1.54) is 6.07 Å². The first-order valence-electron chi connectivity index (χ1n) is 8.43. The number of benzene rings is 1. The molecule has 1 amide bonds. The van der Waals surface area contributed by atoms with Gasteiger partial charge < -0.3 is 14.7 Å². The number of furan rings is 1. The first-order chi connectivity index (χ1) is 12.9. The number of amides is 1. The third-order valence-corrected chi connectivity index (χ3v) is 4.17. The van der Waals surface area contributed by atoms with Crippen molar-refractivity contribution in [1.29, 1.82) is 0 Å². The fraction of sp³-hybridized carbons (Fsp3) is 0.200. The summed E-state index contributed by atoms with van der Waals surface area (Å²) in [5, 5.41) is 2.56. The summed E-state index contributed by atoms with van der Waals surface area (Å²) in [4.78, 5) is 26.8. The third kappa shape index (κ3) is 4.13. The first kappa shape index (κ1) is 18.6. The van der Waals surface area contributed by atoms with E-state index in [0.717, 1.165) is 18.2 Å². The van der Waals surface area contributed by atoms with Gasteiger partial charge in [-0.15, -0.1) is 0 Å². The lowest BCUT2D eigenvalue weighted by molar-refractivity contribution is 0.0924. The lowest BCUT2D eigenvalue weighted by atomic mass is 10.1. The highest BCUT2D eigenvalue weighted by atomic mass is 19.1. The maximum Gasteiger partial charge on any atom is 0.287 e. The molecular formula is C20H18F2N2O3. The standard InChI is InChI=1S/C20H18F2N2O3/c1-3-13-8-16(11(2)24-19(13)25)17-4-5-18(27-17)20(26)23-10-12-6-14(21)9-15(22)7-12/h4-9H,3,10H2,1-2H3,(H,23,26)(H,24,25). The van der Waals surface area contributed by atoms with Gasteiger partial charge in [-0.25, -0.2) is 8.78 Å². The Bertz CT molecular complexity index is 1030. The molecule has 0 fully saturated rings. The number of halogens is 2. The lowest BCUT2D eigenvalue weighted by Crippen LogP contribution is -2.22. The lowest BCUT2D eigenvalue weighted by Gasteiger charge is -2.06. The Morgan fingerprint density at radius 3 is 2.52 bits per heavy atom. The van der Waals surface area contributed by atoms with Gasteiger partial charge in [-0.1, -0.05) is 6.92 Å². The van der Waals surface area contributed by atoms with Crippen LogP contribution in [0.15, 0.2) is 45.6 Å². The normalized spacial score (nSPS) is 10.8. The van der Waals surface area contributed by atoms with Gasteiger partial charge in [-0.2, -0.15) is 0 Å². The van der Waals surface area contributed by atoms with Crippen LogP contribution in [0.25, 0.3) is 11.3 Å². The summed E-state index contributed by atoms with van der Waals surface area (Å²) in [7, 11) is 0. The monoisotopic (exact) mass is 372 g/mol. The van der Waals surface area contributed by atoms with Gasteiger partial charge in [-0.05, 0) is 49.2 Å². The van der Waals surface area contributed by atoms with Crippen LogP contribution >= 0.6 is 0 Å². The maximum absolute atomic E-state index is 13.2. The van der Waals surface area contributed by atoms with Crippen molar-refractivity contribution in [3.8, 4) is 11.3 Å². The highest BCUT2D eigenvalue weighted by Gasteiger charge is 2.15. The van der Waals surface area contributed by atoms with E-state index in [9.17, 15) is 18.4 Å². The number of aromatic amines is 1. The van der Waals surface area contributed by atoms with E-state index >= 15 is 0 Å². The highest BCUT2D eigenvalue weighted by molar-refractivity contribution is 5.92. The van der Waals surface area contributed by atoms with E-state index in [1.54, 1.807) is 19.1 Å². The molecule has 0 saturated carbocycles. The number of aryl methyl sites for hydroxylation is 2. The van der Waals surface area contributed by atoms with E-state index < -0.39 is 17.5 Å². The van der Waals surface area contributed by atoms with E-state index in [1.807, 2.05) is 6.92 Å². The van der Waals surface area contributed by atoms with Crippen LogP contribution in [0.5, 0.6) is 0 Å². The van der Waals surface area contributed by atoms with Gasteiger partial charge in [0.2, 0.25) is 0 Å². The predicted octanol–water partition coefficient (Wildman–Crippen LogP) is 3.71. The first-order valence-corrected chi connectivity index (χ1v) is 8.43. The second-order valence-corrected chi connectivity index (χ2v) is 6.14. The molecule has 2 aromatic heterocycles. The molecule has 7 heteroatoms. The second-order valence-electron chi connectivity index (χ2n) is 6.14. The Morgan fingerprint density at radius 2 is 1.85 bits per heavy atom. The maximum atomic E-state index is 13.2. The Hall–Kier alpha value is -3.22. The van der Waals surface area contributed by atoms with Gasteiger partial charge >= 0.3 is 0 Å². The Morgan fingerprint density at radius 1 is 1.15 bits per heavy atom. The van der Waals surface area contributed by atoms with Crippen molar-refractivity contribution >= 4 is 5.91 Å². The van der Waals surface area contributed by atoms with Gasteiger partial charge in [0.1, 0.15) is 17.4 Å². The molecular weight excluding hydrogens is 354 g/mol. The topological polar surface area (TPSA) is 75.1 Å². The van der Waals surface area contributed by atoms with E-state index in [2.05, 4.69) is 10.3 Å². The summed E-state index contributed by atoms with van der Waals surface area (Å²) >= 11 is 0. The van der Waals surface area contributed by atoms with Gasteiger partial charge in [0.15, 0.2) is 5.76 Å². The molecule has 2 heterocycles. The van der Waals surface area contributed by atoms with Crippen LogP contribution in [-0.4, -0.2) is 10.9 Å². The van der Waals surface area contributed by atoms with Crippen LogP contribution < -0.4 is 10.9 Å². The molecule has 2 N–H and O–H groups in total. The second kappa shape index (κ2) is 7.57. The molecule has 0 radical (unpaired) electrons. The zero-order valence-corrected chi connectivity index (χ0v) is 14.9. The van der Waals surface area contributed by atoms with Gasteiger partial charge in [-0.3, -0.25) is 9.59 Å². The van der Waals surface area contributed by atoms with Crippen molar-refractivity contribution in [3.05, 3.63) is 81.0 Å². The van der Waals surface area contributed by atoms with E-state index in [0.29, 0.717) is 34.6 Å². The number of nitrogens with one attached hydrogen (secondary N) is 2. The molecule has 3 rings (SSSR count). The molecule has 27 heavy (non-hydrogen) atoms. The van der Waals surface area contributed by atoms with Crippen molar-refractivity contribution in [2.45, 2.75) is 26.8 Å². The summed E-state index contributed by atoms with van der Waals surface area (Å²) in [5.41, 5.74) is 2.10. The Balaban J connectivity index is 1.77. The minimum Gasteiger partial charge on any atom is -0.451 e. The molecule has 0 atom stereocenters. The molecule has 3 aromatic rings. The van der Waals surface area contributed by atoms with Crippen molar-refractivity contribution in [3.63, 3.8) is 0 Å². The van der Waals surface area contributed by atoms with Crippen LogP contribution in [0.2, 0.25) is 0 Å². The highest BCUT2D eigenvalue weighted by Crippen LogP contribution is 2.24. The van der Waals surface area contributed by atoms with Crippen molar-refractivity contribution in [2.24, 2.45) is 0 Å². The number of hydrogen-bond acceptors (Lipinski definition) is 3. The number of hydrogen-bond donors (Lipinski definition) is 2. The number of aromatic nitrogens is 1. The molecule has 0 aliphatic heterocycles. The fourth-order valence-electron chi connectivity index (χ4n) is 2.77. The molecule has 0 spiro atoms. The number of pyridine rings is 1. The molecule has 5 nitrogen and oxygen atoms in total. The van der Waals surface area contributed by atoms with Crippen LogP contribution in [0.1, 0.15) is 34.3 Å². The SMILES string of the molecule is CCc1cc(-c2ccc(C(=O)NCc3cc(F)cc(F)c3)o2)c(C)[nH]c1=O. The molecule has 140 valence electrons. The number of carbonyl (C=O) groups excluding carboxylic acids is 1. The average molecular weight is 372 g/mol. The Labute approximate surface area is 154 Å². The van der Waals surface area contributed by atoms with Gasteiger partial charge in [0.25, 0.3) is 11.5 Å². The van der Waals surface area contributed by atoms with Crippen LogP contribution in [0.3, 0.4) is 0 Å². The van der Waals surface area contributed by atoms with E-state index in [-0.39, 0.29) is 17.9 Å². The van der Waals surface area contributed by atoms with Crippen molar-refractivity contribution < 1.29 is 18.0 Å². The summed E-state index contributed by atoms with van der Waals surface area (Å²) in [5.74, 6) is -1.42. The van der Waals surface area contributed by atoms with Gasteiger partial charge in [0, 0.05) is 29.4 Å².